The molecule has 3 atom stereocenters. The lowest BCUT2D eigenvalue weighted by atomic mass is 9.84. The number of sulfonamides is 1. The number of alkyl halides is 9. The van der Waals surface area contributed by atoms with Gasteiger partial charge in [0.05, 0.1) is 45.8 Å². The molecule has 0 spiro atoms. The first-order valence-electron chi connectivity index (χ1n) is 20.8. The molecule has 4 aromatic heterocycles. The number of nitrogens with one attached hydrogen (secondary N) is 2. The van der Waals surface area contributed by atoms with E-state index in [1.165, 1.54) is 16.8 Å². The van der Waals surface area contributed by atoms with Gasteiger partial charge in [0.1, 0.15) is 35.4 Å². The monoisotopic (exact) mass is 1070 g/mol. The summed E-state index contributed by atoms with van der Waals surface area (Å²) in [6.45, 7) is -1.19. The number of rotatable bonds is 14. The number of pyridine rings is 1. The van der Waals surface area contributed by atoms with Crippen LogP contribution in [0.15, 0.2) is 41.2 Å². The van der Waals surface area contributed by atoms with E-state index < -0.39 is 141 Å². The topological polar surface area (TPSA) is 159 Å². The second-order valence-electron chi connectivity index (χ2n) is 17.1. The number of benzene rings is 2. The Morgan fingerprint density at radius 2 is 1.65 bits per heavy atom. The third kappa shape index (κ3) is 8.70. The molecule has 68 heavy (non-hydrogen) atoms. The second-order valence-corrected chi connectivity index (χ2v) is 20.0. The van der Waals surface area contributed by atoms with Crippen LogP contribution in [0.5, 0.6) is 0 Å². The van der Waals surface area contributed by atoms with E-state index in [4.69, 9.17) is 11.6 Å². The van der Waals surface area contributed by atoms with Crippen molar-refractivity contribution in [3.05, 3.63) is 103 Å². The number of hydrogen-bond acceptors (Lipinski definition) is 8. The van der Waals surface area contributed by atoms with Crippen LogP contribution in [0.1, 0.15) is 102 Å². The molecule has 0 radical (unpaired) electrons. The molecule has 3 aliphatic carbocycles. The number of fused-ring (bicyclic) bond motifs is 5. The number of hydrogen-bond donors (Lipinski definition) is 2. The predicted octanol–water partition coefficient (Wildman–Crippen LogP) is 9.50. The quantitative estimate of drug-likeness (QED) is 0.0807. The minimum absolute atomic E-state index is 0.0576. The Bertz CT molecular complexity index is 3190. The highest BCUT2D eigenvalue weighted by Crippen LogP contribution is 2.68. The molecule has 0 saturated heterocycles. The van der Waals surface area contributed by atoms with Crippen molar-refractivity contribution in [2.24, 2.45) is 5.92 Å². The van der Waals surface area contributed by atoms with Gasteiger partial charge < -0.3 is 5.32 Å². The Labute approximate surface area is 391 Å². The molecule has 3 aliphatic rings. The van der Waals surface area contributed by atoms with Crippen LogP contribution in [0, 0.1) is 17.6 Å². The summed E-state index contributed by atoms with van der Waals surface area (Å²) in [5.74, 6) is -14.1. The fraction of sp³-hybridized carbons (Fsp3) is 0.429. The van der Waals surface area contributed by atoms with Crippen molar-refractivity contribution in [2.75, 3.05) is 16.3 Å². The van der Waals surface area contributed by atoms with Gasteiger partial charge >= 0.3 is 0 Å². The Hall–Kier alpha value is -5.30. The fourth-order valence-electron chi connectivity index (χ4n) is 9.49. The van der Waals surface area contributed by atoms with Crippen LogP contribution in [-0.2, 0) is 40.3 Å². The number of aromatic nitrogens is 7. The van der Waals surface area contributed by atoms with Gasteiger partial charge in [0.15, 0.2) is 11.5 Å². The number of nitrogens with zero attached hydrogens (tertiary/aromatic N) is 7. The average molecular weight is 1070 g/mol. The molecule has 13 nitrogen and oxygen atoms in total. The molecule has 4 heterocycles. The van der Waals surface area contributed by atoms with Gasteiger partial charge in [-0.3, -0.25) is 28.2 Å². The number of halogens is 12. The van der Waals surface area contributed by atoms with Crippen LogP contribution in [0.2, 0.25) is 5.02 Å². The van der Waals surface area contributed by atoms with Crippen molar-refractivity contribution >= 4 is 71.2 Å². The number of amides is 1. The fourth-order valence-corrected chi connectivity index (χ4v) is 10.6. The molecule has 0 aliphatic heterocycles. The van der Waals surface area contributed by atoms with E-state index in [1.54, 1.807) is 0 Å². The zero-order valence-corrected chi connectivity index (χ0v) is 38.2. The van der Waals surface area contributed by atoms with Crippen molar-refractivity contribution in [2.45, 2.75) is 94.2 Å². The first-order chi connectivity index (χ1) is 32.0. The van der Waals surface area contributed by atoms with Crippen molar-refractivity contribution in [1.82, 2.24) is 39.4 Å². The van der Waals surface area contributed by atoms with E-state index in [-0.39, 0.29) is 75.4 Å². The molecular formula is C42H35BrClF10N9O4S. The largest absolute Gasteiger partial charge is 0.344 e. The van der Waals surface area contributed by atoms with E-state index in [1.807, 2.05) is 0 Å². The second kappa shape index (κ2) is 17.3. The standard InChI is InChI=1S/C42H35BrClF10N9O4S/c1-68(66,67)60-38-31-24(44)2-3-27(33(31)61(59-38)9-8-43)63-39(57-37-30(40(63)65)22(35(47)48)15-25(56-37)18-4-6-41(51,52)7-5-18)26(12-17-10-19(45)13-20(46)11-17)55-28(64)16-62-34-29(32(58-62)36(49)50)21-14-23(21)42(34,53)54/h2-3,10-11,13,15,18,21,23,26,35-36H,4-9,12,14,16H2,1H3,(H,55,64)(H,59,60)/t21-,23+,26-/m0/s1. The highest BCUT2D eigenvalue weighted by Gasteiger charge is 2.67. The maximum atomic E-state index is 15.6. The highest BCUT2D eigenvalue weighted by molar-refractivity contribution is 9.09. The van der Waals surface area contributed by atoms with Gasteiger partial charge in [0.25, 0.3) is 24.3 Å². The van der Waals surface area contributed by atoms with Crippen molar-refractivity contribution in [3.8, 4) is 5.69 Å². The van der Waals surface area contributed by atoms with E-state index >= 15 is 22.4 Å². The van der Waals surface area contributed by atoms with Crippen LogP contribution in [-0.4, -0.2) is 65.9 Å². The van der Waals surface area contributed by atoms with Gasteiger partial charge in [0.2, 0.25) is 21.9 Å². The summed E-state index contributed by atoms with van der Waals surface area (Å²) in [6, 6.07) is 3.77. The summed E-state index contributed by atoms with van der Waals surface area (Å²) in [4.78, 5) is 38.6. The van der Waals surface area contributed by atoms with Gasteiger partial charge in [-0.2, -0.15) is 19.0 Å². The Morgan fingerprint density at radius 3 is 2.28 bits per heavy atom. The van der Waals surface area contributed by atoms with Crippen molar-refractivity contribution < 1.29 is 57.1 Å². The minimum Gasteiger partial charge on any atom is -0.344 e. The zero-order chi connectivity index (χ0) is 48.9. The van der Waals surface area contributed by atoms with E-state index in [2.05, 4.69) is 46.1 Å². The number of anilines is 1. The molecule has 2 fully saturated rings. The molecule has 9 rings (SSSR count). The van der Waals surface area contributed by atoms with E-state index in [9.17, 15) is 39.6 Å². The predicted molar refractivity (Wildman–Crippen MR) is 230 cm³/mol. The number of carbonyl (C=O) groups is 1. The highest BCUT2D eigenvalue weighted by atomic mass is 79.9. The summed E-state index contributed by atoms with van der Waals surface area (Å²) >= 11 is 9.95. The molecule has 2 N–H and O–H groups in total. The van der Waals surface area contributed by atoms with Crippen molar-refractivity contribution in [3.63, 3.8) is 0 Å². The smallest absolute Gasteiger partial charge is 0.293 e. The number of carbonyl (C=O) groups excluding carboxylic acids is 1. The SMILES string of the molecule is CS(=O)(=O)Nc1nn(CCBr)c2c(-n3c([C@H](Cc4cc(F)cc(F)c4)NC(=O)Cn4nc(C(F)F)c5c4C(F)(F)[C@@H]4C[C@H]54)nc4nc(C5CCC(F)(F)CC5)cc(C(F)F)c4c3=O)ccc(Cl)c12. The zero-order valence-electron chi connectivity index (χ0n) is 35.0. The summed E-state index contributed by atoms with van der Waals surface area (Å²) in [5.41, 5.74) is -5.79. The third-order valence-electron chi connectivity index (χ3n) is 12.4. The molecule has 362 valence electrons. The lowest BCUT2D eigenvalue weighted by Crippen LogP contribution is -2.38. The normalized spacial score (nSPS) is 19.2. The Morgan fingerprint density at radius 1 is 0.956 bits per heavy atom. The third-order valence-corrected chi connectivity index (χ3v) is 13.6. The summed E-state index contributed by atoms with van der Waals surface area (Å²) in [7, 11) is -4.07. The first kappa shape index (κ1) is 47.8. The summed E-state index contributed by atoms with van der Waals surface area (Å²) in [5, 5.41) is 9.68. The van der Waals surface area contributed by atoms with E-state index in [0.717, 1.165) is 29.0 Å². The molecule has 26 heteroatoms. The van der Waals surface area contributed by atoms with Gasteiger partial charge in [-0.15, -0.1) is 0 Å². The summed E-state index contributed by atoms with van der Waals surface area (Å²) < 4.78 is 178. The summed E-state index contributed by atoms with van der Waals surface area (Å²) in [6.07, 6.45) is -8.21. The van der Waals surface area contributed by atoms with Gasteiger partial charge in [-0.05, 0) is 61.1 Å². The molecule has 6 aromatic rings. The van der Waals surface area contributed by atoms with Gasteiger partial charge in [-0.1, -0.05) is 27.5 Å². The lowest BCUT2D eigenvalue weighted by molar-refractivity contribution is -0.123. The molecule has 1 amide bonds. The first-order valence-corrected chi connectivity index (χ1v) is 24.2. The van der Waals surface area contributed by atoms with Gasteiger partial charge in [-0.25, -0.2) is 53.5 Å². The van der Waals surface area contributed by atoms with E-state index in [0.29, 0.717) is 10.7 Å². The van der Waals surface area contributed by atoms with Crippen LogP contribution in [0.3, 0.4) is 0 Å². The lowest BCUT2D eigenvalue weighted by Gasteiger charge is -2.28. The maximum absolute atomic E-state index is 15.6. The van der Waals surface area contributed by atoms with Crippen molar-refractivity contribution in [1.29, 1.82) is 0 Å². The van der Waals surface area contributed by atoms with Crippen LogP contribution in [0.25, 0.3) is 27.6 Å². The molecule has 0 unspecified atom stereocenters. The minimum atomic E-state index is -4.07. The Balaban J connectivity index is 1.30. The van der Waals surface area contributed by atoms with Gasteiger partial charge in [0, 0.05) is 59.3 Å². The maximum Gasteiger partial charge on any atom is 0.293 e. The average Bonchev–Trinajstić information content (AvgIpc) is 3.76. The Kier molecular flexibility index (Phi) is 12.1. The van der Waals surface area contributed by atoms with Crippen LogP contribution in [0.4, 0.5) is 49.7 Å². The number of aryl methyl sites for hydroxylation is 1. The molecular weight excluding hydrogens is 1030 g/mol. The van der Waals surface area contributed by atoms with Crippen LogP contribution >= 0.6 is 27.5 Å². The molecule has 0 bridgehead atoms. The molecule has 2 saturated carbocycles. The molecule has 2 aromatic carbocycles. The van der Waals surface area contributed by atoms with Crippen LogP contribution < -0.4 is 15.6 Å².